The van der Waals surface area contributed by atoms with Crippen LogP contribution in [0.4, 0.5) is 8.78 Å². The normalized spacial score (nSPS) is 13.4. The molecule has 1 aromatic heterocycles. The van der Waals surface area contributed by atoms with Crippen LogP contribution >= 0.6 is 0 Å². The minimum absolute atomic E-state index is 0.0411. The fraction of sp³-hybridized carbons (Fsp3) is 0.150. The van der Waals surface area contributed by atoms with Crippen molar-refractivity contribution in [3.05, 3.63) is 72.6 Å². The van der Waals surface area contributed by atoms with Crippen molar-refractivity contribution in [3.8, 4) is 0 Å². The van der Waals surface area contributed by atoms with Crippen LogP contribution in [0.2, 0.25) is 0 Å². The zero-order valence-corrected chi connectivity index (χ0v) is 15.7. The van der Waals surface area contributed by atoms with Gasteiger partial charge in [0.15, 0.2) is 0 Å². The van der Waals surface area contributed by atoms with Crippen LogP contribution in [0, 0.1) is 0 Å². The Morgan fingerprint density at radius 2 is 1.64 bits per heavy atom. The summed E-state index contributed by atoms with van der Waals surface area (Å²) in [6, 6.07) is 17.7. The third kappa shape index (κ3) is 3.25. The molecule has 1 heterocycles. The molecule has 1 unspecified atom stereocenters. The van der Waals surface area contributed by atoms with E-state index in [1.54, 1.807) is 30.3 Å². The van der Waals surface area contributed by atoms with Crippen LogP contribution in [0.5, 0.6) is 0 Å². The molecule has 0 bridgehead atoms. The van der Waals surface area contributed by atoms with Gasteiger partial charge in [-0.1, -0.05) is 42.5 Å². The number of alkyl halides is 2. The maximum atomic E-state index is 13.6. The van der Waals surface area contributed by atoms with Gasteiger partial charge in [0.1, 0.15) is 5.82 Å². The first-order chi connectivity index (χ1) is 13.4. The molecule has 0 fully saturated rings. The van der Waals surface area contributed by atoms with Gasteiger partial charge in [0.05, 0.1) is 22.0 Å². The standard InChI is InChI=1S/C20H17F2N3O2S/c1-13(19-23-17-8-4-5-9-18(17)25(19)20(21)22)24-28(26,27)16-11-10-14-6-2-3-7-15(14)12-16/h2-13,20,24H,1H3. The number of hydrogen-bond donors (Lipinski definition) is 1. The van der Waals surface area contributed by atoms with Crippen LogP contribution in [0.25, 0.3) is 21.8 Å². The summed E-state index contributed by atoms with van der Waals surface area (Å²) in [7, 11) is -3.93. The quantitative estimate of drug-likeness (QED) is 0.531. The molecule has 144 valence electrons. The van der Waals surface area contributed by atoms with E-state index < -0.39 is 22.6 Å². The summed E-state index contributed by atoms with van der Waals surface area (Å²) >= 11 is 0. The SMILES string of the molecule is CC(NS(=O)(=O)c1ccc2ccccc2c1)c1nc2ccccc2n1C(F)F. The molecule has 0 aliphatic rings. The summed E-state index contributed by atoms with van der Waals surface area (Å²) in [5, 5.41) is 1.69. The van der Waals surface area contributed by atoms with Crippen molar-refractivity contribution in [1.29, 1.82) is 0 Å². The van der Waals surface area contributed by atoms with Gasteiger partial charge in [0.2, 0.25) is 10.0 Å². The predicted molar refractivity (Wildman–Crippen MR) is 104 cm³/mol. The molecule has 0 radical (unpaired) electrons. The summed E-state index contributed by atoms with van der Waals surface area (Å²) in [6.07, 6.45) is 0. The number of sulfonamides is 1. The van der Waals surface area contributed by atoms with Gasteiger partial charge in [-0.25, -0.2) is 18.1 Å². The van der Waals surface area contributed by atoms with E-state index >= 15 is 0 Å². The lowest BCUT2D eigenvalue weighted by atomic mass is 10.1. The monoisotopic (exact) mass is 401 g/mol. The maximum Gasteiger partial charge on any atom is 0.320 e. The average molecular weight is 401 g/mol. The highest BCUT2D eigenvalue weighted by molar-refractivity contribution is 7.89. The number of para-hydroxylation sites is 2. The third-order valence-corrected chi connectivity index (χ3v) is 6.11. The fourth-order valence-electron chi connectivity index (χ4n) is 3.26. The van der Waals surface area contributed by atoms with Crippen molar-refractivity contribution in [2.45, 2.75) is 24.4 Å². The van der Waals surface area contributed by atoms with Gasteiger partial charge in [-0.15, -0.1) is 0 Å². The van der Waals surface area contributed by atoms with Crippen LogP contribution in [-0.4, -0.2) is 18.0 Å². The Hall–Kier alpha value is -2.84. The third-order valence-electron chi connectivity index (χ3n) is 4.57. The zero-order valence-electron chi connectivity index (χ0n) is 14.9. The Bertz CT molecular complexity index is 1270. The molecule has 0 amide bonds. The van der Waals surface area contributed by atoms with Crippen molar-refractivity contribution in [1.82, 2.24) is 14.3 Å². The molecule has 1 atom stereocenters. The smallest absolute Gasteiger partial charge is 0.269 e. The van der Waals surface area contributed by atoms with Gasteiger partial charge >= 0.3 is 6.55 Å². The first-order valence-electron chi connectivity index (χ1n) is 8.63. The highest BCUT2D eigenvalue weighted by Gasteiger charge is 2.26. The summed E-state index contributed by atoms with van der Waals surface area (Å²) < 4.78 is 56.1. The summed E-state index contributed by atoms with van der Waals surface area (Å²) in [5.74, 6) is -0.0411. The number of halogens is 2. The van der Waals surface area contributed by atoms with E-state index in [-0.39, 0.29) is 16.2 Å². The molecule has 0 spiro atoms. The highest BCUT2D eigenvalue weighted by atomic mass is 32.2. The Kier molecular flexibility index (Phi) is 4.60. The Labute approximate surface area is 160 Å². The molecule has 28 heavy (non-hydrogen) atoms. The van der Waals surface area contributed by atoms with E-state index in [9.17, 15) is 17.2 Å². The van der Waals surface area contributed by atoms with Gasteiger partial charge in [-0.05, 0) is 42.0 Å². The molecule has 8 heteroatoms. The number of rotatable bonds is 5. The fourth-order valence-corrected chi connectivity index (χ4v) is 4.50. The van der Waals surface area contributed by atoms with E-state index in [0.29, 0.717) is 5.52 Å². The molecule has 0 saturated heterocycles. The largest absolute Gasteiger partial charge is 0.320 e. The van der Waals surface area contributed by atoms with Crippen molar-refractivity contribution in [2.75, 3.05) is 0 Å². The number of imidazole rings is 1. The van der Waals surface area contributed by atoms with Crippen LogP contribution in [0.1, 0.15) is 25.3 Å². The van der Waals surface area contributed by atoms with Gasteiger partial charge in [-0.3, -0.25) is 4.57 Å². The average Bonchev–Trinajstić information content (AvgIpc) is 3.07. The van der Waals surface area contributed by atoms with E-state index in [1.165, 1.54) is 19.1 Å². The van der Waals surface area contributed by atoms with Crippen LogP contribution in [0.15, 0.2) is 71.6 Å². The van der Waals surface area contributed by atoms with Crippen molar-refractivity contribution < 1.29 is 17.2 Å². The molecule has 0 aliphatic heterocycles. The first kappa shape index (κ1) is 18.5. The Balaban J connectivity index is 1.71. The van der Waals surface area contributed by atoms with E-state index in [1.807, 2.05) is 24.3 Å². The summed E-state index contributed by atoms with van der Waals surface area (Å²) in [6.45, 7) is -1.34. The number of nitrogens with one attached hydrogen (secondary N) is 1. The van der Waals surface area contributed by atoms with Crippen molar-refractivity contribution in [2.24, 2.45) is 0 Å². The minimum Gasteiger partial charge on any atom is -0.269 e. The Morgan fingerprint density at radius 3 is 2.39 bits per heavy atom. The van der Waals surface area contributed by atoms with Crippen LogP contribution < -0.4 is 4.72 Å². The predicted octanol–water partition coefficient (Wildman–Crippen LogP) is 4.62. The topological polar surface area (TPSA) is 64.0 Å². The second-order valence-corrected chi connectivity index (χ2v) is 8.17. The first-order valence-corrected chi connectivity index (χ1v) is 10.1. The van der Waals surface area contributed by atoms with E-state index in [0.717, 1.165) is 15.3 Å². The van der Waals surface area contributed by atoms with Crippen LogP contribution in [0.3, 0.4) is 0 Å². The lowest BCUT2D eigenvalue weighted by molar-refractivity contribution is 0.0702. The van der Waals surface area contributed by atoms with Gasteiger partial charge < -0.3 is 0 Å². The van der Waals surface area contributed by atoms with Crippen molar-refractivity contribution in [3.63, 3.8) is 0 Å². The van der Waals surface area contributed by atoms with Crippen LogP contribution in [-0.2, 0) is 10.0 Å². The molecule has 0 aliphatic carbocycles. The minimum atomic E-state index is -3.93. The molecule has 3 aromatic carbocycles. The second kappa shape index (κ2) is 6.96. The lowest BCUT2D eigenvalue weighted by Crippen LogP contribution is -2.29. The maximum absolute atomic E-state index is 13.6. The van der Waals surface area contributed by atoms with Gasteiger partial charge in [-0.2, -0.15) is 8.78 Å². The van der Waals surface area contributed by atoms with Gasteiger partial charge in [0, 0.05) is 0 Å². The van der Waals surface area contributed by atoms with Crippen molar-refractivity contribution >= 4 is 31.8 Å². The molecular formula is C20H17F2N3O2S. The molecule has 5 nitrogen and oxygen atoms in total. The Morgan fingerprint density at radius 1 is 0.964 bits per heavy atom. The number of benzene rings is 3. The molecule has 0 saturated carbocycles. The molecule has 4 rings (SSSR count). The molecular weight excluding hydrogens is 384 g/mol. The summed E-state index contributed by atoms with van der Waals surface area (Å²) in [4.78, 5) is 4.29. The highest BCUT2D eigenvalue weighted by Crippen LogP contribution is 2.28. The van der Waals surface area contributed by atoms with E-state index in [2.05, 4.69) is 9.71 Å². The zero-order chi connectivity index (χ0) is 19.9. The number of fused-ring (bicyclic) bond motifs is 2. The summed E-state index contributed by atoms with van der Waals surface area (Å²) in [5.41, 5.74) is 0.638. The lowest BCUT2D eigenvalue weighted by Gasteiger charge is -2.16. The van der Waals surface area contributed by atoms with E-state index in [4.69, 9.17) is 0 Å². The molecule has 1 N–H and O–H groups in total. The number of aromatic nitrogens is 2. The second-order valence-electron chi connectivity index (χ2n) is 6.46. The number of hydrogen-bond acceptors (Lipinski definition) is 3. The number of nitrogens with zero attached hydrogens (tertiary/aromatic N) is 2. The van der Waals surface area contributed by atoms with Gasteiger partial charge in [0.25, 0.3) is 0 Å². The molecule has 4 aromatic rings.